The van der Waals surface area contributed by atoms with Crippen molar-refractivity contribution >= 4 is 0 Å². The zero-order valence-corrected chi connectivity index (χ0v) is 12.9. The van der Waals surface area contributed by atoms with Gasteiger partial charge in [0, 0.05) is 12.2 Å². The molecule has 1 aromatic heterocycles. The average Bonchev–Trinajstić information content (AvgIpc) is 2.38. The van der Waals surface area contributed by atoms with Gasteiger partial charge in [-0.05, 0) is 77.1 Å². The highest BCUT2D eigenvalue weighted by molar-refractivity contribution is 5.25. The zero-order valence-electron chi connectivity index (χ0n) is 12.9. The van der Waals surface area contributed by atoms with Gasteiger partial charge in [-0.25, -0.2) is 0 Å². The van der Waals surface area contributed by atoms with Crippen molar-refractivity contribution in [1.82, 2.24) is 9.88 Å². The van der Waals surface area contributed by atoms with Crippen LogP contribution in [0.5, 0.6) is 5.75 Å². The van der Waals surface area contributed by atoms with Crippen LogP contribution in [0.25, 0.3) is 0 Å². The lowest BCUT2D eigenvalue weighted by Gasteiger charge is -2.45. The minimum atomic E-state index is -0.159. The van der Waals surface area contributed by atoms with E-state index < -0.39 is 0 Å². The van der Waals surface area contributed by atoms with Crippen LogP contribution in [0.3, 0.4) is 0 Å². The molecule has 1 aromatic rings. The molecule has 110 valence electrons. The van der Waals surface area contributed by atoms with E-state index in [9.17, 15) is 0 Å². The van der Waals surface area contributed by atoms with Crippen LogP contribution in [0.15, 0.2) is 18.5 Å². The second-order valence-electron chi connectivity index (χ2n) is 7.32. The molecule has 20 heavy (non-hydrogen) atoms. The summed E-state index contributed by atoms with van der Waals surface area (Å²) in [5.41, 5.74) is 1.15. The van der Waals surface area contributed by atoms with Gasteiger partial charge in [0.05, 0.1) is 6.20 Å². The first kappa shape index (κ1) is 13.9. The number of fused-ring (bicyclic) bond motifs is 3. The monoisotopic (exact) mass is 274 g/mol. The quantitative estimate of drug-likeness (QED) is 0.845. The van der Waals surface area contributed by atoms with Gasteiger partial charge in [0.15, 0.2) is 0 Å². The Kier molecular flexibility index (Phi) is 3.72. The molecule has 0 saturated carbocycles. The molecule has 0 radical (unpaired) electrons. The minimum absolute atomic E-state index is 0.159. The highest BCUT2D eigenvalue weighted by Crippen LogP contribution is 2.33. The molecule has 0 aliphatic carbocycles. The Morgan fingerprint density at radius 2 is 2.00 bits per heavy atom. The first-order chi connectivity index (χ1) is 9.49. The normalized spacial score (nSPS) is 29.4. The molecule has 3 saturated heterocycles. The first-order valence-electron chi connectivity index (χ1n) is 7.86. The fourth-order valence-electron chi connectivity index (χ4n) is 3.56. The molecule has 1 atom stereocenters. The number of piperidine rings is 3. The second-order valence-corrected chi connectivity index (χ2v) is 7.32. The summed E-state index contributed by atoms with van der Waals surface area (Å²) in [5.74, 6) is 1.86. The van der Waals surface area contributed by atoms with Crippen molar-refractivity contribution in [2.75, 3.05) is 13.1 Å². The maximum atomic E-state index is 5.92. The Hall–Kier alpha value is -1.09. The summed E-state index contributed by atoms with van der Waals surface area (Å²) in [6.45, 7) is 8.81. The Morgan fingerprint density at radius 1 is 1.25 bits per heavy atom. The van der Waals surface area contributed by atoms with Crippen LogP contribution in [0.2, 0.25) is 0 Å². The molecule has 3 nitrogen and oxygen atoms in total. The van der Waals surface area contributed by atoms with E-state index in [1.165, 1.54) is 37.9 Å². The fraction of sp³-hybridized carbons (Fsp3) is 0.706. The summed E-state index contributed by atoms with van der Waals surface area (Å²) >= 11 is 0. The van der Waals surface area contributed by atoms with Gasteiger partial charge in [0.25, 0.3) is 0 Å². The summed E-state index contributed by atoms with van der Waals surface area (Å²) in [6, 6.07) is 2.89. The van der Waals surface area contributed by atoms with Crippen LogP contribution in [0.4, 0.5) is 0 Å². The number of pyridine rings is 1. The second kappa shape index (κ2) is 5.36. The van der Waals surface area contributed by atoms with Gasteiger partial charge in [-0.15, -0.1) is 0 Å². The van der Waals surface area contributed by atoms with Gasteiger partial charge in [-0.2, -0.15) is 0 Å². The number of hydrogen-bond donors (Lipinski definition) is 0. The maximum absolute atomic E-state index is 5.92. The Bertz CT molecular complexity index is 458. The summed E-state index contributed by atoms with van der Waals surface area (Å²) in [6.07, 6.45) is 9.11. The van der Waals surface area contributed by atoms with E-state index >= 15 is 0 Å². The van der Waals surface area contributed by atoms with Gasteiger partial charge in [-0.1, -0.05) is 0 Å². The zero-order chi connectivity index (χ0) is 14.2. The third-order valence-electron chi connectivity index (χ3n) is 4.44. The van der Waals surface area contributed by atoms with Crippen molar-refractivity contribution < 1.29 is 4.74 Å². The van der Waals surface area contributed by atoms with Crippen molar-refractivity contribution in [3.05, 3.63) is 24.0 Å². The molecule has 3 fully saturated rings. The van der Waals surface area contributed by atoms with E-state index in [1.54, 1.807) is 0 Å². The summed E-state index contributed by atoms with van der Waals surface area (Å²) < 4.78 is 5.92. The minimum Gasteiger partial charge on any atom is -0.487 e. The lowest BCUT2D eigenvalue weighted by atomic mass is 9.81. The van der Waals surface area contributed by atoms with E-state index in [1.807, 2.05) is 12.4 Å². The van der Waals surface area contributed by atoms with E-state index in [-0.39, 0.29) is 5.60 Å². The summed E-state index contributed by atoms with van der Waals surface area (Å²) in [4.78, 5) is 7.02. The largest absolute Gasteiger partial charge is 0.487 e. The van der Waals surface area contributed by atoms with Crippen molar-refractivity contribution in [3.63, 3.8) is 0 Å². The van der Waals surface area contributed by atoms with E-state index in [0.717, 1.165) is 18.1 Å². The van der Waals surface area contributed by atoms with Crippen molar-refractivity contribution in [2.24, 2.45) is 5.92 Å². The van der Waals surface area contributed by atoms with Gasteiger partial charge in [0.1, 0.15) is 11.4 Å². The van der Waals surface area contributed by atoms with Crippen LogP contribution < -0.4 is 4.74 Å². The van der Waals surface area contributed by atoms with Gasteiger partial charge >= 0.3 is 0 Å². The smallest absolute Gasteiger partial charge is 0.138 e. The predicted octanol–water partition coefficient (Wildman–Crippen LogP) is 3.29. The van der Waals surface area contributed by atoms with Crippen molar-refractivity contribution in [3.8, 4) is 5.75 Å². The van der Waals surface area contributed by atoms with E-state index in [2.05, 4.69) is 36.7 Å². The number of hydrogen-bond acceptors (Lipinski definition) is 3. The topological polar surface area (TPSA) is 25.4 Å². The standard InChI is InChI=1S/C17H26N2O/c1-17(2,3)20-16-10-14(11-18-12-16)9-15-8-13-4-6-19(15)7-5-13/h10-13,15H,4-9H2,1-3H3. The molecule has 0 N–H and O–H groups in total. The summed E-state index contributed by atoms with van der Waals surface area (Å²) in [7, 11) is 0. The van der Waals surface area contributed by atoms with Gasteiger partial charge in [0.2, 0.25) is 0 Å². The molecule has 0 spiro atoms. The van der Waals surface area contributed by atoms with Crippen LogP contribution in [0, 0.1) is 5.92 Å². The molecule has 1 unspecified atom stereocenters. The molecular weight excluding hydrogens is 248 g/mol. The van der Waals surface area contributed by atoms with Crippen molar-refractivity contribution in [1.29, 1.82) is 0 Å². The first-order valence-corrected chi connectivity index (χ1v) is 7.86. The molecule has 4 heterocycles. The number of nitrogens with zero attached hydrogens (tertiary/aromatic N) is 2. The number of ether oxygens (including phenoxy) is 1. The lowest BCUT2D eigenvalue weighted by Crippen LogP contribution is -2.49. The predicted molar refractivity (Wildman–Crippen MR) is 81.0 cm³/mol. The average molecular weight is 274 g/mol. The number of rotatable bonds is 3. The highest BCUT2D eigenvalue weighted by atomic mass is 16.5. The Balaban J connectivity index is 1.67. The maximum Gasteiger partial charge on any atom is 0.138 e. The SMILES string of the molecule is CC(C)(C)Oc1cncc(CC2CC3CCN2CC3)c1. The fourth-order valence-corrected chi connectivity index (χ4v) is 3.56. The molecule has 0 amide bonds. The molecule has 3 aliphatic heterocycles. The molecule has 3 heteroatoms. The molecule has 0 aromatic carbocycles. The number of aromatic nitrogens is 1. The van der Waals surface area contributed by atoms with Gasteiger partial charge < -0.3 is 9.64 Å². The highest BCUT2D eigenvalue weighted by Gasteiger charge is 2.33. The van der Waals surface area contributed by atoms with Crippen LogP contribution in [-0.4, -0.2) is 34.6 Å². The summed E-state index contributed by atoms with van der Waals surface area (Å²) in [5, 5.41) is 0. The van der Waals surface area contributed by atoms with Gasteiger partial charge in [-0.3, -0.25) is 4.98 Å². The van der Waals surface area contributed by atoms with Crippen molar-refractivity contribution in [2.45, 2.75) is 58.1 Å². The van der Waals surface area contributed by atoms with Crippen LogP contribution in [-0.2, 0) is 6.42 Å². The lowest BCUT2D eigenvalue weighted by molar-refractivity contribution is 0.0497. The molecule has 2 bridgehead atoms. The van der Waals surface area contributed by atoms with E-state index in [4.69, 9.17) is 4.74 Å². The Morgan fingerprint density at radius 3 is 2.60 bits per heavy atom. The third-order valence-corrected chi connectivity index (χ3v) is 4.44. The Labute approximate surface area is 122 Å². The molecule has 3 aliphatic rings. The van der Waals surface area contributed by atoms with Crippen LogP contribution >= 0.6 is 0 Å². The molecular formula is C17H26N2O. The third kappa shape index (κ3) is 3.32. The van der Waals surface area contributed by atoms with Crippen LogP contribution in [0.1, 0.15) is 45.6 Å². The van der Waals surface area contributed by atoms with E-state index in [0.29, 0.717) is 6.04 Å². The molecule has 4 rings (SSSR count).